The Labute approximate surface area is 149 Å². The molecule has 126 valence electrons. The van der Waals surface area contributed by atoms with Crippen molar-refractivity contribution in [3.8, 4) is 0 Å². The maximum absolute atomic E-state index is 11.9. The summed E-state index contributed by atoms with van der Waals surface area (Å²) in [5.41, 5.74) is 3.16. The molecule has 0 saturated carbocycles. The fourth-order valence-corrected chi connectivity index (χ4v) is 2.82. The largest absolute Gasteiger partial charge is 0.356 e. The van der Waals surface area contributed by atoms with E-state index in [4.69, 9.17) is 0 Å². The second-order valence-corrected chi connectivity index (χ2v) is 6.09. The van der Waals surface area contributed by atoms with Gasteiger partial charge in [-0.15, -0.1) is 0 Å². The normalized spacial score (nSPS) is 10.1. The van der Waals surface area contributed by atoms with Gasteiger partial charge in [0.1, 0.15) is 0 Å². The van der Waals surface area contributed by atoms with Gasteiger partial charge in [0.2, 0.25) is 5.91 Å². The Hall–Kier alpha value is -3.12. The van der Waals surface area contributed by atoms with Gasteiger partial charge in [-0.3, -0.25) is 9.59 Å². The van der Waals surface area contributed by atoms with Gasteiger partial charge >= 0.3 is 0 Å². The van der Waals surface area contributed by atoms with E-state index in [1.54, 1.807) is 11.4 Å². The molecule has 0 aliphatic rings. The van der Waals surface area contributed by atoms with E-state index < -0.39 is 0 Å². The lowest BCUT2D eigenvalue weighted by Gasteiger charge is -2.09. The van der Waals surface area contributed by atoms with E-state index in [0.717, 1.165) is 11.4 Å². The number of rotatable bonds is 6. The number of thiophene rings is 1. The molecular weight excluding hydrogens is 334 g/mol. The van der Waals surface area contributed by atoms with Gasteiger partial charge < -0.3 is 16.0 Å². The quantitative estimate of drug-likeness (QED) is 0.631. The summed E-state index contributed by atoms with van der Waals surface area (Å²) in [6.45, 7) is -0.0707. The second kappa shape index (κ2) is 8.12. The summed E-state index contributed by atoms with van der Waals surface area (Å²) < 4.78 is 0. The summed E-state index contributed by atoms with van der Waals surface area (Å²) in [6, 6.07) is 18.9. The lowest BCUT2D eigenvalue weighted by Crippen LogP contribution is -2.32. The molecule has 0 aliphatic heterocycles. The van der Waals surface area contributed by atoms with Crippen molar-refractivity contribution in [1.82, 2.24) is 5.32 Å². The van der Waals surface area contributed by atoms with Crippen molar-refractivity contribution in [3.05, 3.63) is 77.0 Å². The van der Waals surface area contributed by atoms with Gasteiger partial charge in [-0.1, -0.05) is 18.2 Å². The SMILES string of the molecule is O=C(CNC(=O)c1ccsc1)Nc1ccc(Nc2ccccc2)cc1. The maximum Gasteiger partial charge on any atom is 0.252 e. The number of carbonyl (C=O) groups excluding carboxylic acids is 2. The third-order valence-electron chi connectivity index (χ3n) is 3.42. The molecule has 3 rings (SSSR count). The number of amides is 2. The smallest absolute Gasteiger partial charge is 0.252 e. The van der Waals surface area contributed by atoms with Gasteiger partial charge in [0, 0.05) is 28.0 Å². The van der Waals surface area contributed by atoms with E-state index in [-0.39, 0.29) is 18.4 Å². The first-order valence-electron chi connectivity index (χ1n) is 7.73. The van der Waals surface area contributed by atoms with Crippen LogP contribution in [0.15, 0.2) is 71.4 Å². The van der Waals surface area contributed by atoms with Gasteiger partial charge in [0.25, 0.3) is 5.91 Å². The van der Waals surface area contributed by atoms with Crippen LogP contribution in [-0.2, 0) is 4.79 Å². The molecule has 3 N–H and O–H groups in total. The highest BCUT2D eigenvalue weighted by Crippen LogP contribution is 2.18. The molecule has 1 aromatic heterocycles. The fraction of sp³-hybridized carbons (Fsp3) is 0.0526. The van der Waals surface area contributed by atoms with Crippen molar-refractivity contribution in [1.29, 1.82) is 0 Å². The topological polar surface area (TPSA) is 70.2 Å². The molecular formula is C19H17N3O2S. The zero-order chi connectivity index (χ0) is 17.5. The molecule has 0 radical (unpaired) electrons. The van der Waals surface area contributed by atoms with Crippen LogP contribution in [0.3, 0.4) is 0 Å². The van der Waals surface area contributed by atoms with Gasteiger partial charge in [-0.2, -0.15) is 11.3 Å². The Balaban J connectivity index is 1.49. The zero-order valence-corrected chi connectivity index (χ0v) is 14.2. The van der Waals surface area contributed by atoms with Gasteiger partial charge in [0.05, 0.1) is 6.54 Å². The number of nitrogens with one attached hydrogen (secondary N) is 3. The molecule has 0 bridgehead atoms. The summed E-state index contributed by atoms with van der Waals surface area (Å²) >= 11 is 1.44. The van der Waals surface area contributed by atoms with E-state index in [0.29, 0.717) is 11.3 Å². The molecule has 25 heavy (non-hydrogen) atoms. The van der Waals surface area contributed by atoms with Crippen LogP contribution in [0.1, 0.15) is 10.4 Å². The molecule has 5 nitrogen and oxygen atoms in total. The van der Waals surface area contributed by atoms with Crippen LogP contribution in [0.25, 0.3) is 0 Å². The minimum Gasteiger partial charge on any atom is -0.356 e. The van der Waals surface area contributed by atoms with Crippen LogP contribution in [0.2, 0.25) is 0 Å². The molecule has 3 aromatic rings. The molecule has 1 heterocycles. The van der Waals surface area contributed by atoms with E-state index in [1.807, 2.05) is 60.0 Å². The van der Waals surface area contributed by atoms with Crippen molar-refractivity contribution < 1.29 is 9.59 Å². The van der Waals surface area contributed by atoms with Crippen LogP contribution >= 0.6 is 11.3 Å². The summed E-state index contributed by atoms with van der Waals surface area (Å²) in [7, 11) is 0. The van der Waals surface area contributed by atoms with Crippen molar-refractivity contribution in [2.75, 3.05) is 17.2 Å². The Kier molecular flexibility index (Phi) is 5.43. The van der Waals surface area contributed by atoms with E-state index >= 15 is 0 Å². The lowest BCUT2D eigenvalue weighted by atomic mass is 10.2. The number of hydrogen-bond donors (Lipinski definition) is 3. The highest BCUT2D eigenvalue weighted by molar-refractivity contribution is 7.08. The summed E-state index contributed by atoms with van der Waals surface area (Å²) in [5, 5.41) is 12.2. The van der Waals surface area contributed by atoms with Gasteiger partial charge in [0.15, 0.2) is 0 Å². The number of carbonyl (C=O) groups is 2. The molecule has 0 aliphatic carbocycles. The van der Waals surface area contributed by atoms with Gasteiger partial charge in [-0.05, 0) is 47.8 Å². The average Bonchev–Trinajstić information content (AvgIpc) is 3.17. The van der Waals surface area contributed by atoms with Crippen molar-refractivity contribution in [3.63, 3.8) is 0 Å². The predicted molar refractivity (Wildman–Crippen MR) is 101 cm³/mol. The van der Waals surface area contributed by atoms with Crippen molar-refractivity contribution >= 4 is 40.2 Å². The van der Waals surface area contributed by atoms with Crippen LogP contribution in [0.5, 0.6) is 0 Å². The van der Waals surface area contributed by atoms with Gasteiger partial charge in [-0.25, -0.2) is 0 Å². The standard InChI is InChI=1S/C19H17N3O2S/c23-18(12-20-19(24)14-10-11-25-13-14)22-17-8-6-16(7-9-17)21-15-4-2-1-3-5-15/h1-11,13,21H,12H2,(H,20,24)(H,22,23). The Morgan fingerprint density at radius 1 is 0.840 bits per heavy atom. The lowest BCUT2D eigenvalue weighted by molar-refractivity contribution is -0.115. The van der Waals surface area contributed by atoms with Crippen LogP contribution in [0.4, 0.5) is 17.1 Å². The molecule has 0 spiro atoms. The Morgan fingerprint density at radius 2 is 1.52 bits per heavy atom. The van der Waals surface area contributed by atoms with E-state index in [2.05, 4.69) is 16.0 Å². The summed E-state index contributed by atoms with van der Waals surface area (Å²) in [5.74, 6) is -0.522. The second-order valence-electron chi connectivity index (χ2n) is 5.31. The Bertz CT molecular complexity index is 831. The summed E-state index contributed by atoms with van der Waals surface area (Å²) in [4.78, 5) is 23.7. The highest BCUT2D eigenvalue weighted by Gasteiger charge is 2.08. The van der Waals surface area contributed by atoms with Crippen molar-refractivity contribution in [2.45, 2.75) is 0 Å². The first kappa shape index (κ1) is 16.7. The number of benzene rings is 2. The first-order valence-corrected chi connectivity index (χ1v) is 8.67. The zero-order valence-electron chi connectivity index (χ0n) is 13.4. The predicted octanol–water partition coefficient (Wildman–Crippen LogP) is 3.86. The third kappa shape index (κ3) is 4.92. The third-order valence-corrected chi connectivity index (χ3v) is 4.11. The minimum absolute atomic E-state index is 0.0707. The maximum atomic E-state index is 11.9. The molecule has 0 atom stereocenters. The van der Waals surface area contributed by atoms with Crippen LogP contribution in [0, 0.1) is 0 Å². The molecule has 2 aromatic carbocycles. The number of hydrogen-bond acceptors (Lipinski definition) is 4. The van der Waals surface area contributed by atoms with E-state index in [1.165, 1.54) is 11.3 Å². The minimum atomic E-state index is -0.271. The van der Waals surface area contributed by atoms with Crippen LogP contribution in [-0.4, -0.2) is 18.4 Å². The molecule has 0 fully saturated rings. The number of para-hydroxylation sites is 1. The first-order chi connectivity index (χ1) is 12.2. The molecule has 2 amide bonds. The molecule has 6 heteroatoms. The number of anilines is 3. The highest BCUT2D eigenvalue weighted by atomic mass is 32.1. The summed E-state index contributed by atoms with van der Waals surface area (Å²) in [6.07, 6.45) is 0. The fourth-order valence-electron chi connectivity index (χ4n) is 2.19. The average molecular weight is 351 g/mol. The molecule has 0 saturated heterocycles. The van der Waals surface area contributed by atoms with Crippen LogP contribution < -0.4 is 16.0 Å². The monoisotopic (exact) mass is 351 g/mol. The van der Waals surface area contributed by atoms with Crippen molar-refractivity contribution in [2.24, 2.45) is 0 Å². The molecule has 0 unspecified atom stereocenters. The Morgan fingerprint density at radius 3 is 2.20 bits per heavy atom. The van der Waals surface area contributed by atoms with E-state index in [9.17, 15) is 9.59 Å².